The zero-order valence-electron chi connectivity index (χ0n) is 21.1. The molecule has 0 saturated heterocycles. The van der Waals surface area contributed by atoms with Gasteiger partial charge in [0.15, 0.2) is 0 Å². The molecule has 0 atom stereocenters. The zero-order valence-corrected chi connectivity index (χ0v) is 21.1. The summed E-state index contributed by atoms with van der Waals surface area (Å²) in [4.78, 5) is 25.7. The lowest BCUT2D eigenvalue weighted by Crippen LogP contribution is -2.60. The van der Waals surface area contributed by atoms with Crippen molar-refractivity contribution in [1.82, 2.24) is 10.6 Å². The van der Waals surface area contributed by atoms with Crippen molar-refractivity contribution in [2.24, 2.45) is 0 Å². The Morgan fingerprint density at radius 1 is 0.833 bits per heavy atom. The van der Waals surface area contributed by atoms with E-state index in [4.69, 9.17) is 9.47 Å². The number of nitrogens with one attached hydrogen (secondary N) is 3. The Hall–Kier alpha value is -3.22. The molecule has 2 fully saturated rings. The number of benzene rings is 2. The minimum atomic E-state index is -0.913. The number of carbonyl (C=O) groups is 2. The fourth-order valence-electron chi connectivity index (χ4n) is 5.10. The third-order valence-corrected chi connectivity index (χ3v) is 7.14. The van der Waals surface area contributed by atoms with E-state index in [1.807, 2.05) is 54.6 Å². The molecule has 0 radical (unpaired) electrons. The van der Waals surface area contributed by atoms with Gasteiger partial charge in [-0.25, -0.2) is 4.79 Å². The molecule has 2 aromatic rings. The summed E-state index contributed by atoms with van der Waals surface area (Å²) in [5.74, 6) is 0.766. The Labute approximate surface area is 214 Å². The maximum absolute atomic E-state index is 13.1. The van der Waals surface area contributed by atoms with Gasteiger partial charge in [0.25, 0.3) is 0 Å². The smallest absolute Gasteiger partial charge is 0.408 e. The molecule has 194 valence electrons. The van der Waals surface area contributed by atoms with E-state index < -0.39 is 11.6 Å². The van der Waals surface area contributed by atoms with Crippen molar-refractivity contribution in [2.45, 2.75) is 82.5 Å². The van der Waals surface area contributed by atoms with E-state index in [1.165, 1.54) is 19.3 Å². The van der Waals surface area contributed by atoms with E-state index in [0.29, 0.717) is 32.0 Å². The van der Waals surface area contributed by atoms with E-state index in [2.05, 4.69) is 16.0 Å². The minimum absolute atomic E-state index is 0.142. The molecule has 2 amide bonds. The van der Waals surface area contributed by atoms with Crippen LogP contribution < -0.4 is 20.7 Å². The summed E-state index contributed by atoms with van der Waals surface area (Å²) < 4.78 is 11.5. The van der Waals surface area contributed by atoms with Crippen molar-refractivity contribution in [3.8, 4) is 5.75 Å². The lowest BCUT2D eigenvalue weighted by Gasteiger charge is -2.36. The molecule has 3 N–H and O–H groups in total. The normalized spacial score (nSPS) is 17.6. The molecule has 4 rings (SSSR count). The second-order valence-electron chi connectivity index (χ2n) is 9.91. The second kappa shape index (κ2) is 13.2. The number of rotatable bonds is 10. The molecule has 0 heterocycles. The van der Waals surface area contributed by atoms with Gasteiger partial charge < -0.3 is 25.4 Å². The Kier molecular flexibility index (Phi) is 9.47. The molecule has 2 aliphatic rings. The van der Waals surface area contributed by atoms with Crippen LogP contribution in [0.1, 0.15) is 69.8 Å². The van der Waals surface area contributed by atoms with Crippen molar-refractivity contribution in [2.75, 3.05) is 18.4 Å². The van der Waals surface area contributed by atoms with Crippen LogP contribution in [-0.4, -0.2) is 36.7 Å². The average Bonchev–Trinajstić information content (AvgIpc) is 2.92. The molecule has 0 spiro atoms. The van der Waals surface area contributed by atoms with Gasteiger partial charge in [0.1, 0.15) is 17.9 Å². The maximum Gasteiger partial charge on any atom is 0.408 e. The Balaban J connectivity index is 1.21. The van der Waals surface area contributed by atoms with Crippen LogP contribution in [0.3, 0.4) is 0 Å². The molecule has 2 aromatic carbocycles. The molecule has 0 bridgehead atoms. The van der Waals surface area contributed by atoms with Crippen LogP contribution in [0.25, 0.3) is 0 Å². The SMILES string of the molecule is O=C(NC1(C(=O)NCCNc2ccc(OC3CCCCC3)cc2)CCCCC1)OCc1ccccc1. The molecule has 0 unspecified atom stereocenters. The summed E-state index contributed by atoms with van der Waals surface area (Å²) >= 11 is 0. The van der Waals surface area contributed by atoms with Gasteiger partial charge in [0, 0.05) is 18.8 Å². The predicted octanol–water partition coefficient (Wildman–Crippen LogP) is 5.56. The van der Waals surface area contributed by atoms with Gasteiger partial charge in [0.05, 0.1) is 6.10 Å². The predicted molar refractivity (Wildman–Crippen MR) is 141 cm³/mol. The topological polar surface area (TPSA) is 88.7 Å². The lowest BCUT2D eigenvalue weighted by molar-refractivity contribution is -0.128. The first-order valence-electron chi connectivity index (χ1n) is 13.4. The summed E-state index contributed by atoms with van der Waals surface area (Å²) in [7, 11) is 0. The van der Waals surface area contributed by atoms with Crippen molar-refractivity contribution in [3.63, 3.8) is 0 Å². The van der Waals surface area contributed by atoms with Gasteiger partial charge >= 0.3 is 6.09 Å². The quantitative estimate of drug-likeness (QED) is 0.377. The van der Waals surface area contributed by atoms with Crippen LogP contribution in [0.2, 0.25) is 0 Å². The summed E-state index contributed by atoms with van der Waals surface area (Å²) in [6.07, 6.45) is 10.00. The van der Waals surface area contributed by atoms with Gasteiger partial charge in [-0.1, -0.05) is 56.0 Å². The molecule has 0 aliphatic heterocycles. The highest BCUT2D eigenvalue weighted by molar-refractivity contribution is 5.90. The van der Waals surface area contributed by atoms with Crippen LogP contribution >= 0.6 is 0 Å². The average molecular weight is 494 g/mol. The highest BCUT2D eigenvalue weighted by Gasteiger charge is 2.41. The zero-order chi connectivity index (χ0) is 25.1. The standard InChI is InChI=1S/C29H39N3O4/c33-27(29(18-8-3-9-19-29)32-28(34)35-22-23-10-4-1-5-11-23)31-21-20-30-24-14-16-26(17-15-24)36-25-12-6-2-7-13-25/h1,4-5,10-11,14-17,25,30H,2-3,6-9,12-13,18-22H2,(H,31,33)(H,32,34). The summed E-state index contributed by atoms with van der Waals surface area (Å²) in [5, 5.41) is 9.25. The van der Waals surface area contributed by atoms with Crippen LogP contribution in [0.4, 0.5) is 10.5 Å². The fraction of sp³-hybridized carbons (Fsp3) is 0.517. The van der Waals surface area contributed by atoms with E-state index in [9.17, 15) is 9.59 Å². The van der Waals surface area contributed by atoms with Gasteiger partial charge in [-0.15, -0.1) is 0 Å². The van der Waals surface area contributed by atoms with Crippen molar-refractivity contribution >= 4 is 17.7 Å². The Bertz CT molecular complexity index is 952. The highest BCUT2D eigenvalue weighted by Crippen LogP contribution is 2.29. The molecular weight excluding hydrogens is 454 g/mol. The van der Waals surface area contributed by atoms with Crippen LogP contribution in [-0.2, 0) is 16.1 Å². The number of alkyl carbamates (subject to hydrolysis) is 1. The number of hydrogen-bond donors (Lipinski definition) is 3. The molecule has 36 heavy (non-hydrogen) atoms. The van der Waals surface area contributed by atoms with Gasteiger partial charge in [-0.3, -0.25) is 4.79 Å². The van der Waals surface area contributed by atoms with Gasteiger partial charge in [0.2, 0.25) is 5.91 Å². The van der Waals surface area contributed by atoms with E-state index >= 15 is 0 Å². The third kappa shape index (κ3) is 7.64. The molecule has 2 saturated carbocycles. The number of hydrogen-bond acceptors (Lipinski definition) is 5. The Morgan fingerprint density at radius 3 is 2.25 bits per heavy atom. The highest BCUT2D eigenvalue weighted by atomic mass is 16.5. The largest absolute Gasteiger partial charge is 0.490 e. The summed E-state index contributed by atoms with van der Waals surface area (Å²) in [6, 6.07) is 17.5. The van der Waals surface area contributed by atoms with E-state index in [1.54, 1.807) is 0 Å². The van der Waals surface area contributed by atoms with Crippen LogP contribution in [0, 0.1) is 0 Å². The minimum Gasteiger partial charge on any atom is -0.490 e. The first-order valence-corrected chi connectivity index (χ1v) is 13.4. The molecule has 2 aliphatic carbocycles. The number of ether oxygens (including phenoxy) is 2. The molecule has 7 heteroatoms. The van der Waals surface area contributed by atoms with Crippen LogP contribution in [0.15, 0.2) is 54.6 Å². The number of carbonyl (C=O) groups excluding carboxylic acids is 2. The first kappa shape index (κ1) is 25.9. The Morgan fingerprint density at radius 2 is 1.53 bits per heavy atom. The molecule has 7 nitrogen and oxygen atoms in total. The van der Waals surface area contributed by atoms with Gasteiger partial charge in [-0.05, 0) is 68.4 Å². The summed E-state index contributed by atoms with van der Waals surface area (Å²) in [5.41, 5.74) is 0.981. The molecular formula is C29H39N3O4. The number of anilines is 1. The van der Waals surface area contributed by atoms with E-state index in [0.717, 1.165) is 49.1 Å². The van der Waals surface area contributed by atoms with Gasteiger partial charge in [-0.2, -0.15) is 0 Å². The van der Waals surface area contributed by atoms with Crippen molar-refractivity contribution in [1.29, 1.82) is 0 Å². The van der Waals surface area contributed by atoms with Crippen molar-refractivity contribution < 1.29 is 19.1 Å². The van der Waals surface area contributed by atoms with Crippen molar-refractivity contribution in [3.05, 3.63) is 60.2 Å². The third-order valence-electron chi connectivity index (χ3n) is 7.14. The first-order chi connectivity index (χ1) is 17.6. The monoisotopic (exact) mass is 493 g/mol. The lowest BCUT2D eigenvalue weighted by atomic mass is 9.81. The fourth-order valence-corrected chi connectivity index (χ4v) is 5.10. The van der Waals surface area contributed by atoms with Crippen LogP contribution in [0.5, 0.6) is 5.75 Å². The summed E-state index contributed by atoms with van der Waals surface area (Å²) in [6.45, 7) is 1.23. The maximum atomic E-state index is 13.1. The van der Waals surface area contributed by atoms with E-state index in [-0.39, 0.29) is 12.5 Å². The molecule has 0 aromatic heterocycles. The second-order valence-corrected chi connectivity index (χ2v) is 9.91. The number of amides is 2.